The average Bonchev–Trinajstić information content (AvgIpc) is 2.40. The van der Waals surface area contributed by atoms with Crippen LogP contribution >= 0.6 is 0 Å². The van der Waals surface area contributed by atoms with Crippen molar-refractivity contribution in [2.45, 2.75) is 40.0 Å². The van der Waals surface area contributed by atoms with Gasteiger partial charge >= 0.3 is 0 Å². The van der Waals surface area contributed by atoms with E-state index in [2.05, 4.69) is 26.8 Å². The van der Waals surface area contributed by atoms with Gasteiger partial charge in [0.15, 0.2) is 0 Å². The van der Waals surface area contributed by atoms with E-state index < -0.39 is 0 Å². The zero-order valence-corrected chi connectivity index (χ0v) is 7.85. The summed E-state index contributed by atoms with van der Waals surface area (Å²) in [6, 6.07) is 0. The Bertz CT molecular complexity index is 198. The molecule has 0 aromatic carbocycles. The molecule has 2 aliphatic carbocycles. The number of fused-ring (bicyclic) bond motifs is 2. The number of allylic oxidation sites excluding steroid dienone is 2. The van der Waals surface area contributed by atoms with Crippen molar-refractivity contribution in [3.63, 3.8) is 0 Å². The topological polar surface area (TPSA) is 0 Å². The molecule has 2 aliphatic rings. The van der Waals surface area contributed by atoms with Crippen molar-refractivity contribution in [2.75, 3.05) is 0 Å². The summed E-state index contributed by atoms with van der Waals surface area (Å²) in [6.45, 7) is 7.17. The fourth-order valence-electron chi connectivity index (χ4n) is 3.05. The van der Waals surface area contributed by atoms with E-state index in [0.717, 1.165) is 11.8 Å². The Labute approximate surface area is 69.7 Å². The van der Waals surface area contributed by atoms with E-state index >= 15 is 0 Å². The molecule has 0 heteroatoms. The second kappa shape index (κ2) is 2.12. The molecule has 0 saturated heterocycles. The summed E-state index contributed by atoms with van der Waals surface area (Å²) in [5.74, 6) is 1.83. The molecule has 1 fully saturated rings. The van der Waals surface area contributed by atoms with Crippen molar-refractivity contribution in [3.8, 4) is 0 Å². The Morgan fingerprint density at radius 2 is 2.18 bits per heavy atom. The Morgan fingerprint density at radius 3 is 2.45 bits per heavy atom. The molecule has 0 radical (unpaired) electrons. The lowest BCUT2D eigenvalue weighted by Gasteiger charge is -2.25. The van der Waals surface area contributed by atoms with Crippen molar-refractivity contribution in [3.05, 3.63) is 11.6 Å². The molecule has 0 N–H and O–H groups in total. The SMILES string of the molecule is CCC1=CC2CCC1C2(C)C. The normalized spacial score (nSPS) is 39.4. The van der Waals surface area contributed by atoms with E-state index in [4.69, 9.17) is 0 Å². The summed E-state index contributed by atoms with van der Waals surface area (Å²) >= 11 is 0. The maximum atomic E-state index is 2.55. The predicted molar refractivity (Wildman–Crippen MR) is 48.4 cm³/mol. The highest BCUT2D eigenvalue weighted by Gasteiger charge is 2.47. The fourth-order valence-corrected chi connectivity index (χ4v) is 3.05. The van der Waals surface area contributed by atoms with Gasteiger partial charge in [-0.15, -0.1) is 0 Å². The van der Waals surface area contributed by atoms with Crippen molar-refractivity contribution in [1.29, 1.82) is 0 Å². The Hall–Kier alpha value is -0.260. The third kappa shape index (κ3) is 0.816. The zero-order chi connectivity index (χ0) is 8.06. The van der Waals surface area contributed by atoms with E-state index in [1.165, 1.54) is 19.3 Å². The molecule has 0 aliphatic heterocycles. The Morgan fingerprint density at radius 1 is 1.45 bits per heavy atom. The van der Waals surface area contributed by atoms with Gasteiger partial charge in [0.1, 0.15) is 0 Å². The zero-order valence-electron chi connectivity index (χ0n) is 7.85. The van der Waals surface area contributed by atoms with Gasteiger partial charge in [0.25, 0.3) is 0 Å². The molecular weight excluding hydrogens is 132 g/mol. The minimum atomic E-state index is 0.603. The minimum Gasteiger partial charge on any atom is -0.0814 e. The molecule has 1 saturated carbocycles. The van der Waals surface area contributed by atoms with Gasteiger partial charge in [-0.3, -0.25) is 0 Å². The first-order valence-electron chi connectivity index (χ1n) is 4.87. The van der Waals surface area contributed by atoms with E-state index in [-0.39, 0.29) is 0 Å². The summed E-state index contributed by atoms with van der Waals surface area (Å²) in [5, 5.41) is 0. The van der Waals surface area contributed by atoms with Crippen LogP contribution in [-0.2, 0) is 0 Å². The molecule has 0 aromatic heterocycles. The summed E-state index contributed by atoms with van der Waals surface area (Å²) in [6.07, 6.45) is 6.73. The first-order valence-corrected chi connectivity index (χ1v) is 4.87. The van der Waals surface area contributed by atoms with Gasteiger partial charge in [0.05, 0.1) is 0 Å². The molecule has 11 heavy (non-hydrogen) atoms. The monoisotopic (exact) mass is 150 g/mol. The summed E-state index contributed by atoms with van der Waals surface area (Å²) in [4.78, 5) is 0. The summed E-state index contributed by atoms with van der Waals surface area (Å²) in [5.41, 5.74) is 2.34. The number of rotatable bonds is 1. The highest BCUT2D eigenvalue weighted by atomic mass is 14.5. The third-order valence-corrected chi connectivity index (χ3v) is 3.89. The number of hydrogen-bond donors (Lipinski definition) is 0. The quantitative estimate of drug-likeness (QED) is 0.503. The first kappa shape index (κ1) is 7.39. The molecule has 0 amide bonds. The van der Waals surface area contributed by atoms with Crippen LogP contribution in [-0.4, -0.2) is 0 Å². The summed E-state index contributed by atoms with van der Waals surface area (Å²) < 4.78 is 0. The van der Waals surface area contributed by atoms with Crippen LogP contribution in [0.3, 0.4) is 0 Å². The molecule has 2 bridgehead atoms. The van der Waals surface area contributed by atoms with Crippen LogP contribution in [0.2, 0.25) is 0 Å². The molecule has 0 spiro atoms. The fraction of sp³-hybridized carbons (Fsp3) is 0.818. The van der Waals surface area contributed by atoms with Gasteiger partial charge in [0, 0.05) is 0 Å². The van der Waals surface area contributed by atoms with Crippen LogP contribution < -0.4 is 0 Å². The van der Waals surface area contributed by atoms with Gasteiger partial charge in [-0.25, -0.2) is 0 Å². The van der Waals surface area contributed by atoms with Crippen LogP contribution in [0.15, 0.2) is 11.6 Å². The lowest BCUT2D eigenvalue weighted by molar-refractivity contribution is 0.271. The van der Waals surface area contributed by atoms with Gasteiger partial charge in [-0.05, 0) is 36.5 Å². The molecule has 2 unspecified atom stereocenters. The van der Waals surface area contributed by atoms with E-state index in [1.54, 1.807) is 5.57 Å². The maximum Gasteiger partial charge on any atom is -0.0146 e. The lowest BCUT2D eigenvalue weighted by Crippen LogP contribution is -2.18. The molecular formula is C11H18. The van der Waals surface area contributed by atoms with Gasteiger partial charge in [-0.1, -0.05) is 32.4 Å². The van der Waals surface area contributed by atoms with Gasteiger partial charge in [0.2, 0.25) is 0 Å². The first-order chi connectivity index (χ1) is 5.16. The molecule has 2 rings (SSSR count). The van der Waals surface area contributed by atoms with E-state index in [1.807, 2.05) is 0 Å². The van der Waals surface area contributed by atoms with E-state index in [9.17, 15) is 0 Å². The van der Waals surface area contributed by atoms with Crippen molar-refractivity contribution >= 4 is 0 Å². The Balaban J connectivity index is 2.29. The lowest BCUT2D eigenvalue weighted by atomic mass is 9.79. The highest BCUT2D eigenvalue weighted by molar-refractivity contribution is 5.25. The second-order valence-corrected chi connectivity index (χ2v) is 4.65. The average molecular weight is 150 g/mol. The maximum absolute atomic E-state index is 2.55. The van der Waals surface area contributed by atoms with Crippen molar-refractivity contribution < 1.29 is 0 Å². The van der Waals surface area contributed by atoms with Crippen LogP contribution in [0.25, 0.3) is 0 Å². The highest BCUT2D eigenvalue weighted by Crippen LogP contribution is 2.57. The minimum absolute atomic E-state index is 0.603. The molecule has 0 aromatic rings. The van der Waals surface area contributed by atoms with Crippen LogP contribution in [0.5, 0.6) is 0 Å². The van der Waals surface area contributed by atoms with Crippen LogP contribution in [0.1, 0.15) is 40.0 Å². The Kier molecular flexibility index (Phi) is 1.42. The second-order valence-electron chi connectivity index (χ2n) is 4.65. The van der Waals surface area contributed by atoms with Crippen molar-refractivity contribution in [2.24, 2.45) is 17.3 Å². The molecule has 0 heterocycles. The van der Waals surface area contributed by atoms with Crippen LogP contribution in [0.4, 0.5) is 0 Å². The smallest absolute Gasteiger partial charge is 0.0146 e. The molecule has 2 atom stereocenters. The number of hydrogen-bond acceptors (Lipinski definition) is 0. The standard InChI is InChI=1S/C11H18/c1-4-8-7-9-5-6-10(8)11(9,2)3/h7,9-10H,4-6H2,1-3H3. The van der Waals surface area contributed by atoms with Crippen molar-refractivity contribution in [1.82, 2.24) is 0 Å². The summed E-state index contributed by atoms with van der Waals surface area (Å²) in [7, 11) is 0. The third-order valence-electron chi connectivity index (χ3n) is 3.89. The van der Waals surface area contributed by atoms with Crippen LogP contribution in [0, 0.1) is 17.3 Å². The predicted octanol–water partition coefficient (Wildman–Crippen LogP) is 3.39. The van der Waals surface area contributed by atoms with E-state index in [0.29, 0.717) is 5.41 Å². The molecule has 0 nitrogen and oxygen atoms in total. The van der Waals surface area contributed by atoms with Gasteiger partial charge < -0.3 is 0 Å². The molecule has 62 valence electrons. The van der Waals surface area contributed by atoms with Gasteiger partial charge in [-0.2, -0.15) is 0 Å². The largest absolute Gasteiger partial charge is 0.0814 e.